The molecule has 6 atom stereocenters. The molecule has 1 aromatic rings. The molecule has 6 fully saturated rings. The first-order valence-electron chi connectivity index (χ1n) is 17.5. The lowest BCUT2D eigenvalue weighted by atomic mass is 9.43. The number of nitrogens with one attached hydrogen (secondary N) is 1. The Morgan fingerprint density at radius 1 is 1.15 bits per heavy atom. The Morgan fingerprint density at radius 3 is 2.55 bits per heavy atom. The lowest BCUT2D eigenvalue weighted by Crippen LogP contribution is -2.65. The molecule has 0 radical (unpaired) electrons. The van der Waals surface area contributed by atoms with Gasteiger partial charge in [-0.3, -0.25) is 9.69 Å². The maximum atomic E-state index is 13.6. The Morgan fingerprint density at radius 2 is 1.87 bits per heavy atom. The Balaban J connectivity index is 1.10. The van der Waals surface area contributed by atoms with Gasteiger partial charge in [0.05, 0.1) is 24.2 Å². The Bertz CT molecular complexity index is 1390. The predicted octanol–water partition coefficient (Wildman–Crippen LogP) is 4.06. The van der Waals surface area contributed by atoms with Crippen molar-refractivity contribution in [3.8, 4) is 6.07 Å². The monoisotopic (exact) mass is 645 g/mol. The second-order valence-electron chi connectivity index (χ2n) is 15.8. The molecule has 0 spiro atoms. The van der Waals surface area contributed by atoms with Crippen LogP contribution in [0.4, 0.5) is 4.79 Å². The third kappa shape index (κ3) is 6.85. The van der Waals surface area contributed by atoms with Crippen LogP contribution in [0.15, 0.2) is 42.0 Å². The van der Waals surface area contributed by atoms with E-state index < -0.39 is 36.4 Å². The van der Waals surface area contributed by atoms with E-state index in [0.29, 0.717) is 37.6 Å². The number of nitrogens with zero attached hydrogens (tertiary/aromatic N) is 4. The SMILES string of the molecule is CN1CCN(C(C)(C)C=C(C#N)C(=O)N2CCC[C@H](OC(=O)N[C@@H](Cc3ccccc3)B3O[C@@H]4C[C@@H]5C[C@@H](C5(C)C)[C@]4(C)O3)C2)CC1. The second kappa shape index (κ2) is 13.2. The predicted molar refractivity (Wildman–Crippen MR) is 180 cm³/mol. The number of piperazine rings is 1. The van der Waals surface area contributed by atoms with Gasteiger partial charge in [0.25, 0.3) is 5.91 Å². The summed E-state index contributed by atoms with van der Waals surface area (Å²) in [4.78, 5) is 33.3. The fraction of sp³-hybridized carbons (Fsp3) is 0.694. The van der Waals surface area contributed by atoms with E-state index in [9.17, 15) is 14.9 Å². The van der Waals surface area contributed by atoms with E-state index in [-0.39, 0.29) is 29.5 Å². The number of likely N-dealkylation sites (N-methyl/N-ethyl adjacent to an activating group) is 1. The van der Waals surface area contributed by atoms with Crippen molar-refractivity contribution in [3.05, 3.63) is 47.5 Å². The van der Waals surface area contributed by atoms with Gasteiger partial charge < -0.3 is 29.2 Å². The number of hydrogen-bond donors (Lipinski definition) is 1. The van der Waals surface area contributed by atoms with Crippen molar-refractivity contribution in [2.24, 2.45) is 17.3 Å². The molecular formula is C36H52BN5O5. The summed E-state index contributed by atoms with van der Waals surface area (Å²) in [7, 11) is 1.51. The van der Waals surface area contributed by atoms with Crippen LogP contribution in [0.25, 0.3) is 0 Å². The van der Waals surface area contributed by atoms with Gasteiger partial charge in [-0.15, -0.1) is 0 Å². The number of rotatable bonds is 8. The van der Waals surface area contributed by atoms with Crippen molar-refractivity contribution in [2.45, 2.75) is 96.0 Å². The molecule has 2 amide bonds. The maximum Gasteiger partial charge on any atom is 0.482 e. The van der Waals surface area contributed by atoms with E-state index in [1.807, 2.05) is 30.3 Å². The van der Waals surface area contributed by atoms with E-state index in [0.717, 1.165) is 44.6 Å². The van der Waals surface area contributed by atoms with Crippen molar-refractivity contribution in [1.29, 1.82) is 5.26 Å². The molecule has 6 aliphatic rings. The van der Waals surface area contributed by atoms with Crippen LogP contribution < -0.4 is 5.32 Å². The number of nitriles is 1. The van der Waals surface area contributed by atoms with Crippen LogP contribution >= 0.6 is 0 Å². The largest absolute Gasteiger partial charge is 0.482 e. The van der Waals surface area contributed by atoms with Crippen LogP contribution in [0.2, 0.25) is 0 Å². The molecule has 11 heteroatoms. The third-order valence-electron chi connectivity index (χ3n) is 12.0. The van der Waals surface area contributed by atoms with Crippen molar-refractivity contribution in [2.75, 3.05) is 46.3 Å². The molecule has 0 unspecified atom stereocenters. The number of amides is 2. The van der Waals surface area contributed by atoms with Crippen molar-refractivity contribution in [3.63, 3.8) is 0 Å². The minimum atomic E-state index is -0.593. The Hall–Kier alpha value is -2.91. The molecule has 3 saturated heterocycles. The maximum absolute atomic E-state index is 13.6. The molecule has 3 aliphatic carbocycles. The molecule has 1 N–H and O–H groups in total. The summed E-state index contributed by atoms with van der Waals surface area (Å²) in [6.07, 6.45) is 4.77. The summed E-state index contributed by atoms with van der Waals surface area (Å²) in [5.74, 6) is 0.289. The van der Waals surface area contributed by atoms with E-state index >= 15 is 0 Å². The number of hydrogen-bond acceptors (Lipinski definition) is 8. The molecule has 3 heterocycles. The zero-order chi connectivity index (χ0) is 33.6. The highest BCUT2D eigenvalue weighted by atomic mass is 16.7. The third-order valence-corrected chi connectivity index (χ3v) is 12.0. The van der Waals surface area contributed by atoms with Gasteiger partial charge in [-0.25, -0.2) is 4.79 Å². The smallest absolute Gasteiger partial charge is 0.444 e. The molecule has 47 heavy (non-hydrogen) atoms. The summed E-state index contributed by atoms with van der Waals surface area (Å²) in [5, 5.41) is 13.1. The first-order chi connectivity index (χ1) is 22.3. The van der Waals surface area contributed by atoms with Gasteiger partial charge in [0.2, 0.25) is 0 Å². The van der Waals surface area contributed by atoms with E-state index in [1.165, 1.54) is 0 Å². The molecule has 0 aromatic heterocycles. The number of piperidine rings is 1. The van der Waals surface area contributed by atoms with Gasteiger partial charge >= 0.3 is 13.2 Å². The van der Waals surface area contributed by atoms with Crippen molar-refractivity contribution in [1.82, 2.24) is 20.0 Å². The van der Waals surface area contributed by atoms with Crippen LogP contribution in [0.1, 0.15) is 65.9 Å². The van der Waals surface area contributed by atoms with Crippen LogP contribution in [0.3, 0.4) is 0 Å². The highest BCUT2D eigenvalue weighted by Crippen LogP contribution is 2.65. The number of benzene rings is 1. The molecule has 10 nitrogen and oxygen atoms in total. The number of alkyl carbamates (subject to hydrolysis) is 1. The highest BCUT2D eigenvalue weighted by molar-refractivity contribution is 6.47. The van der Waals surface area contributed by atoms with Crippen LogP contribution in [-0.4, -0.2) is 109 Å². The van der Waals surface area contributed by atoms with Gasteiger partial charge in [-0.2, -0.15) is 5.26 Å². The summed E-state index contributed by atoms with van der Waals surface area (Å²) in [6.45, 7) is 15.4. The quantitative estimate of drug-likeness (QED) is 0.257. The normalized spacial score (nSPS) is 31.7. The first-order valence-corrected chi connectivity index (χ1v) is 17.5. The van der Waals surface area contributed by atoms with Gasteiger partial charge in [-0.05, 0) is 88.8 Å². The lowest BCUT2D eigenvalue weighted by molar-refractivity contribution is -0.199. The number of likely N-dealkylation sites (tertiary alicyclic amines) is 1. The van der Waals surface area contributed by atoms with E-state index in [4.69, 9.17) is 14.0 Å². The average Bonchev–Trinajstić information content (AvgIpc) is 3.41. The van der Waals surface area contributed by atoms with E-state index in [2.05, 4.69) is 62.9 Å². The molecule has 3 saturated carbocycles. The zero-order valence-corrected chi connectivity index (χ0v) is 29.0. The zero-order valence-electron chi connectivity index (χ0n) is 29.0. The molecule has 254 valence electrons. The van der Waals surface area contributed by atoms with Gasteiger partial charge in [-0.1, -0.05) is 44.2 Å². The lowest BCUT2D eigenvalue weighted by Gasteiger charge is -2.64. The molecule has 1 aromatic carbocycles. The fourth-order valence-corrected chi connectivity index (χ4v) is 8.85. The molecule has 2 bridgehead atoms. The summed E-state index contributed by atoms with van der Waals surface area (Å²) >= 11 is 0. The van der Waals surface area contributed by atoms with Gasteiger partial charge in [0.15, 0.2) is 0 Å². The minimum Gasteiger partial charge on any atom is -0.444 e. The van der Waals surface area contributed by atoms with Crippen LogP contribution in [0, 0.1) is 28.6 Å². The van der Waals surface area contributed by atoms with Gasteiger partial charge in [0, 0.05) is 38.3 Å². The molecule has 3 aliphatic heterocycles. The van der Waals surface area contributed by atoms with E-state index in [1.54, 1.807) is 11.0 Å². The molecular weight excluding hydrogens is 593 g/mol. The van der Waals surface area contributed by atoms with Crippen molar-refractivity contribution < 1.29 is 23.6 Å². The average molecular weight is 646 g/mol. The Kier molecular flexibility index (Phi) is 9.53. The minimum absolute atomic E-state index is 0.00176. The van der Waals surface area contributed by atoms with Crippen LogP contribution in [0.5, 0.6) is 0 Å². The first kappa shape index (κ1) is 34.0. The summed E-state index contributed by atoms with van der Waals surface area (Å²) < 4.78 is 19.3. The summed E-state index contributed by atoms with van der Waals surface area (Å²) in [5.41, 5.74) is 0.596. The second-order valence-corrected chi connectivity index (χ2v) is 15.8. The Labute approximate surface area is 280 Å². The van der Waals surface area contributed by atoms with Crippen molar-refractivity contribution >= 4 is 19.1 Å². The summed E-state index contributed by atoms with van der Waals surface area (Å²) in [6, 6.07) is 12.2. The number of carbonyl (C=O) groups excluding carboxylic acids is 2. The topological polar surface area (TPSA) is 107 Å². The van der Waals surface area contributed by atoms with Crippen LogP contribution in [-0.2, 0) is 25.3 Å². The number of carbonyl (C=O) groups is 2. The van der Waals surface area contributed by atoms with Gasteiger partial charge in [0.1, 0.15) is 17.7 Å². The molecule has 7 rings (SSSR count). The highest BCUT2D eigenvalue weighted by Gasteiger charge is 2.68. The standard InChI is InChI=1S/C36H52BN5O5/c1-34(2,42-17-15-40(6)16-18-42)22-26(23-38)32(43)41-14-10-13-28(24-41)45-33(44)39-31(19-25-11-8-7-9-12-25)37-46-30-21-27-20-29(35(27,3)4)36(30,5)47-37/h7-9,11-12,22,27-31H,10,13-21,24H2,1-6H3,(H,39,44)/t27-,28-,29-,30+,31-,36-/m0/s1. The number of ether oxygens (including phenoxy) is 1. The fourth-order valence-electron chi connectivity index (χ4n) is 8.85.